The van der Waals surface area contributed by atoms with E-state index < -0.39 is 5.97 Å². The summed E-state index contributed by atoms with van der Waals surface area (Å²) in [6.45, 7) is 0. The van der Waals surface area contributed by atoms with Gasteiger partial charge in [0, 0.05) is 5.56 Å². The van der Waals surface area contributed by atoms with Gasteiger partial charge >= 0.3 is 0 Å². The van der Waals surface area contributed by atoms with Crippen LogP contribution in [0.1, 0.15) is 15.9 Å². The zero-order valence-corrected chi connectivity index (χ0v) is 15.3. The minimum absolute atomic E-state index is 0.0955. The van der Waals surface area contributed by atoms with Gasteiger partial charge in [0.15, 0.2) is 17.3 Å². The fourth-order valence-corrected chi connectivity index (χ4v) is 2.57. The third-order valence-electron chi connectivity index (χ3n) is 3.76. The Morgan fingerprint density at radius 2 is 1.89 bits per heavy atom. The molecule has 0 amide bonds. The fraction of sp³-hybridized carbons (Fsp3) is 0.111. The smallest absolute Gasteiger partial charge is 0.216 e. The second-order valence-corrected chi connectivity index (χ2v) is 5.77. The Morgan fingerprint density at radius 1 is 1.19 bits per heavy atom. The number of hydrogen-bond acceptors (Lipinski definition) is 7. The topological polar surface area (TPSA) is 105 Å². The number of rotatable bonds is 6. The van der Waals surface area contributed by atoms with Gasteiger partial charge in [0.25, 0.3) is 0 Å². The van der Waals surface area contributed by atoms with Gasteiger partial charge in [-0.15, -0.1) is 0 Å². The number of nitrogens with zero attached hydrogens (tertiary/aromatic N) is 3. The van der Waals surface area contributed by atoms with E-state index in [1.165, 1.54) is 16.8 Å². The van der Waals surface area contributed by atoms with Crippen molar-refractivity contribution in [1.29, 1.82) is 0 Å². The summed E-state index contributed by atoms with van der Waals surface area (Å²) in [4.78, 5) is 10.8. The Hall–Kier alpha value is -3.46. The number of aromatic amines is 1. The second-order valence-electron chi connectivity index (χ2n) is 5.39. The van der Waals surface area contributed by atoms with E-state index in [1.807, 2.05) is 6.07 Å². The van der Waals surface area contributed by atoms with Gasteiger partial charge in [-0.3, -0.25) is 0 Å². The molecule has 1 aromatic heterocycles. The highest BCUT2D eigenvalue weighted by atomic mass is 32.1. The largest absolute Gasteiger partial charge is 0.545 e. The van der Waals surface area contributed by atoms with E-state index in [9.17, 15) is 9.90 Å². The van der Waals surface area contributed by atoms with Crippen LogP contribution >= 0.6 is 12.2 Å². The molecule has 3 rings (SSSR count). The molecule has 0 aliphatic heterocycles. The minimum Gasteiger partial charge on any atom is -0.545 e. The zero-order valence-electron chi connectivity index (χ0n) is 14.5. The first-order valence-corrected chi connectivity index (χ1v) is 8.20. The van der Waals surface area contributed by atoms with Crippen molar-refractivity contribution in [2.75, 3.05) is 14.2 Å². The molecule has 0 saturated carbocycles. The van der Waals surface area contributed by atoms with Crippen molar-refractivity contribution >= 4 is 24.4 Å². The van der Waals surface area contributed by atoms with Crippen molar-refractivity contribution in [1.82, 2.24) is 14.9 Å². The summed E-state index contributed by atoms with van der Waals surface area (Å²) in [7, 11) is 3.11. The summed E-state index contributed by atoms with van der Waals surface area (Å²) in [6, 6.07) is 11.5. The van der Waals surface area contributed by atoms with E-state index in [2.05, 4.69) is 15.3 Å². The summed E-state index contributed by atoms with van der Waals surface area (Å²) >= 11 is 5.24. The second kappa shape index (κ2) is 7.83. The number of benzene rings is 2. The maximum Gasteiger partial charge on any atom is 0.216 e. The Kier molecular flexibility index (Phi) is 5.32. The van der Waals surface area contributed by atoms with Gasteiger partial charge in [0.05, 0.1) is 26.4 Å². The molecule has 138 valence electrons. The highest BCUT2D eigenvalue weighted by molar-refractivity contribution is 7.71. The van der Waals surface area contributed by atoms with Gasteiger partial charge in [-0.2, -0.15) is 14.9 Å². The molecule has 9 heteroatoms. The molecular formula is C18H15N4O4S-. The number of aromatic carboxylic acids is 1. The normalized spacial score (nSPS) is 10.9. The molecule has 27 heavy (non-hydrogen) atoms. The van der Waals surface area contributed by atoms with Crippen LogP contribution < -0.4 is 14.6 Å². The van der Waals surface area contributed by atoms with Crippen molar-refractivity contribution < 1.29 is 19.4 Å². The van der Waals surface area contributed by atoms with Crippen molar-refractivity contribution in [2.24, 2.45) is 5.10 Å². The highest BCUT2D eigenvalue weighted by Crippen LogP contribution is 2.31. The molecule has 0 radical (unpaired) electrons. The zero-order chi connectivity index (χ0) is 19.4. The minimum atomic E-state index is -1.23. The highest BCUT2D eigenvalue weighted by Gasteiger charge is 2.12. The molecule has 1 N–H and O–H groups in total. The van der Waals surface area contributed by atoms with Crippen molar-refractivity contribution in [2.45, 2.75) is 0 Å². The van der Waals surface area contributed by atoms with Crippen molar-refractivity contribution in [3.63, 3.8) is 0 Å². The van der Waals surface area contributed by atoms with Crippen LogP contribution in [0.4, 0.5) is 0 Å². The van der Waals surface area contributed by atoms with Crippen LogP contribution in [0.2, 0.25) is 0 Å². The lowest BCUT2D eigenvalue weighted by atomic mass is 10.1. The van der Waals surface area contributed by atoms with E-state index in [4.69, 9.17) is 21.7 Å². The van der Waals surface area contributed by atoms with Crippen LogP contribution in [0.15, 0.2) is 47.6 Å². The number of carbonyl (C=O) groups is 1. The Balaban J connectivity index is 1.95. The molecule has 0 fully saturated rings. The van der Waals surface area contributed by atoms with Crippen LogP contribution in [0, 0.1) is 4.77 Å². The fourth-order valence-electron chi connectivity index (χ4n) is 2.39. The van der Waals surface area contributed by atoms with Crippen molar-refractivity contribution in [3.05, 3.63) is 58.4 Å². The van der Waals surface area contributed by atoms with Crippen LogP contribution in [-0.2, 0) is 0 Å². The standard InChI is InChI=1S/C18H16N4O4S/c1-25-14-8-7-13(9-15(14)26-2)16-20-21-18(27)22(16)19-10-11-3-5-12(6-4-11)17(23)24/h3-10H,1-2H3,(H,21,27)(H,23,24)/p-1/b19-10-. The van der Waals surface area contributed by atoms with E-state index in [1.54, 1.807) is 44.7 Å². The Bertz CT molecular complexity index is 1050. The number of carboxylic acids is 1. The van der Waals surface area contributed by atoms with Crippen LogP contribution in [-0.4, -0.2) is 41.3 Å². The molecular weight excluding hydrogens is 368 g/mol. The predicted molar refractivity (Wildman–Crippen MR) is 99.7 cm³/mol. The molecule has 2 aromatic carbocycles. The third kappa shape index (κ3) is 3.87. The molecule has 0 aliphatic carbocycles. The molecule has 0 aliphatic rings. The van der Waals surface area contributed by atoms with E-state index in [0.29, 0.717) is 27.7 Å². The van der Waals surface area contributed by atoms with Crippen LogP contribution in [0.5, 0.6) is 11.5 Å². The first-order valence-electron chi connectivity index (χ1n) is 7.79. The molecule has 8 nitrogen and oxygen atoms in total. The number of hydrogen-bond donors (Lipinski definition) is 1. The number of ether oxygens (including phenoxy) is 2. The number of H-pyrrole nitrogens is 1. The lowest BCUT2D eigenvalue weighted by Gasteiger charge is -2.09. The van der Waals surface area contributed by atoms with Crippen molar-refractivity contribution in [3.8, 4) is 22.9 Å². The number of methoxy groups -OCH3 is 2. The van der Waals surface area contributed by atoms with Gasteiger partial charge in [-0.05, 0) is 41.5 Å². The summed E-state index contributed by atoms with van der Waals surface area (Å²) in [5, 5.41) is 22.1. The average Bonchev–Trinajstić information content (AvgIpc) is 3.06. The quantitative estimate of drug-likeness (QED) is 0.515. The molecule has 0 bridgehead atoms. The summed E-state index contributed by atoms with van der Waals surface area (Å²) in [5.41, 5.74) is 1.52. The first kappa shape index (κ1) is 18.3. The summed E-state index contributed by atoms with van der Waals surface area (Å²) in [5.74, 6) is 0.408. The lowest BCUT2D eigenvalue weighted by Crippen LogP contribution is -2.21. The molecule has 1 heterocycles. The maximum atomic E-state index is 10.8. The molecule has 0 unspecified atom stereocenters. The van der Waals surface area contributed by atoms with E-state index >= 15 is 0 Å². The average molecular weight is 383 g/mol. The number of aromatic nitrogens is 3. The molecule has 0 saturated heterocycles. The van der Waals surface area contributed by atoms with Crippen LogP contribution in [0.25, 0.3) is 11.4 Å². The van der Waals surface area contributed by atoms with Gasteiger partial charge in [0.2, 0.25) is 4.77 Å². The van der Waals surface area contributed by atoms with E-state index in [-0.39, 0.29) is 5.56 Å². The predicted octanol–water partition coefficient (Wildman–Crippen LogP) is 1.87. The lowest BCUT2D eigenvalue weighted by molar-refractivity contribution is -0.255. The van der Waals surface area contributed by atoms with Gasteiger partial charge in [-0.1, -0.05) is 24.3 Å². The Labute approximate surface area is 159 Å². The number of carboxylic acid groups (broad SMARTS) is 1. The Morgan fingerprint density at radius 3 is 2.52 bits per heavy atom. The molecule has 0 atom stereocenters. The third-order valence-corrected chi connectivity index (χ3v) is 4.03. The van der Waals surface area contributed by atoms with E-state index in [0.717, 1.165) is 5.56 Å². The number of carbonyl (C=O) groups excluding carboxylic acids is 1. The monoisotopic (exact) mass is 383 g/mol. The van der Waals surface area contributed by atoms with Gasteiger partial charge in [-0.25, -0.2) is 5.10 Å². The maximum absolute atomic E-state index is 10.8. The SMILES string of the molecule is COc1ccc(-c2n[nH]c(=S)n2/N=C\c2ccc(C(=O)[O-])cc2)cc1OC. The summed E-state index contributed by atoms with van der Waals surface area (Å²) < 4.78 is 12.3. The number of nitrogens with one attached hydrogen (secondary N) is 1. The molecule has 3 aromatic rings. The first-order chi connectivity index (χ1) is 13.0. The van der Waals surface area contributed by atoms with Gasteiger partial charge in [0.1, 0.15) is 0 Å². The van der Waals surface area contributed by atoms with Crippen LogP contribution in [0.3, 0.4) is 0 Å². The van der Waals surface area contributed by atoms with Gasteiger partial charge < -0.3 is 19.4 Å². The molecule has 0 spiro atoms. The summed E-state index contributed by atoms with van der Waals surface area (Å²) in [6.07, 6.45) is 1.55.